The molecule has 7 heteroatoms. The lowest BCUT2D eigenvalue weighted by molar-refractivity contribution is -1.05. The zero-order valence-corrected chi connectivity index (χ0v) is 17.0. The van der Waals surface area contributed by atoms with Crippen LogP contribution in [-0.2, 0) is 4.79 Å². The molecule has 1 amide bonds. The van der Waals surface area contributed by atoms with Gasteiger partial charge in [-0.05, 0) is 38.0 Å². The molecule has 0 heterocycles. The molecule has 2 rings (SSSR count). The Morgan fingerprint density at radius 1 is 1.36 bits per heavy atom. The van der Waals surface area contributed by atoms with Crippen molar-refractivity contribution in [1.82, 2.24) is 16.0 Å². The summed E-state index contributed by atoms with van der Waals surface area (Å²) >= 11 is 0. The maximum Gasteiger partial charge on any atom is 0.247 e. The van der Waals surface area contributed by atoms with Gasteiger partial charge < -0.3 is 21.2 Å². The minimum atomic E-state index is -0.841. The number of hydrogen-bond acceptors (Lipinski definition) is 5. The molecule has 28 heavy (non-hydrogen) atoms. The van der Waals surface area contributed by atoms with Crippen LogP contribution in [0.5, 0.6) is 0 Å². The minimum absolute atomic E-state index is 0.0696. The fourth-order valence-electron chi connectivity index (χ4n) is 3.94. The highest BCUT2D eigenvalue weighted by Crippen LogP contribution is 2.26. The highest BCUT2D eigenvalue weighted by molar-refractivity contribution is 5.93. The highest BCUT2D eigenvalue weighted by atomic mass is 16.8. The van der Waals surface area contributed by atoms with E-state index in [0.29, 0.717) is 25.4 Å². The Balaban J connectivity index is 1.66. The van der Waals surface area contributed by atoms with E-state index in [1.54, 1.807) is 0 Å². The van der Waals surface area contributed by atoms with Crippen molar-refractivity contribution in [2.75, 3.05) is 19.6 Å². The summed E-state index contributed by atoms with van der Waals surface area (Å²) < 4.78 is 0. The number of carbonyl (C=O) groups is 1. The molecule has 0 spiro atoms. The zero-order valence-electron chi connectivity index (χ0n) is 17.0. The molecule has 0 bridgehead atoms. The Kier molecular flexibility index (Phi) is 9.54. The van der Waals surface area contributed by atoms with Crippen molar-refractivity contribution in [3.05, 3.63) is 41.4 Å². The zero-order chi connectivity index (χ0) is 20.4. The first kappa shape index (κ1) is 22.5. The van der Waals surface area contributed by atoms with Crippen LogP contribution in [-0.4, -0.2) is 36.8 Å². The van der Waals surface area contributed by atoms with Crippen LogP contribution in [0.1, 0.15) is 51.9 Å². The van der Waals surface area contributed by atoms with Crippen molar-refractivity contribution in [1.29, 1.82) is 0 Å². The summed E-state index contributed by atoms with van der Waals surface area (Å²) in [6.07, 6.45) is 13.6. The summed E-state index contributed by atoms with van der Waals surface area (Å²) in [5.41, 5.74) is 0.735. The predicted octanol–water partition coefficient (Wildman–Crippen LogP) is 1.39. The van der Waals surface area contributed by atoms with E-state index in [-0.39, 0.29) is 18.4 Å². The smallest absolute Gasteiger partial charge is 0.247 e. The van der Waals surface area contributed by atoms with Gasteiger partial charge in [-0.2, -0.15) is 0 Å². The number of allylic oxidation sites excluding steroid dienone is 2. The molecular formula is C21H36N4O3. The Labute approximate surface area is 168 Å². The molecule has 7 nitrogen and oxygen atoms in total. The van der Waals surface area contributed by atoms with Crippen LogP contribution in [0.3, 0.4) is 0 Å². The third-order valence-corrected chi connectivity index (χ3v) is 5.64. The van der Waals surface area contributed by atoms with Gasteiger partial charge in [-0.3, -0.25) is 4.79 Å². The van der Waals surface area contributed by atoms with Gasteiger partial charge in [-0.25, -0.2) is 10.4 Å². The van der Waals surface area contributed by atoms with Gasteiger partial charge in [0.15, 0.2) is 0 Å². The number of hydrogen-bond donors (Lipinski definition) is 5. The number of nitrogens with one attached hydrogen (secondary N) is 4. The summed E-state index contributed by atoms with van der Waals surface area (Å²) in [7, 11) is 0. The summed E-state index contributed by atoms with van der Waals surface area (Å²) in [6.45, 7) is 7.52. The second-order valence-corrected chi connectivity index (χ2v) is 7.98. The summed E-state index contributed by atoms with van der Waals surface area (Å²) in [5.74, 6) is 1.69. The molecular weight excluding hydrogens is 356 g/mol. The number of quaternary nitrogens is 1. The lowest BCUT2D eigenvalue weighted by Crippen LogP contribution is -3.04. The third-order valence-electron chi connectivity index (χ3n) is 5.64. The van der Waals surface area contributed by atoms with Gasteiger partial charge >= 0.3 is 0 Å². The van der Waals surface area contributed by atoms with Crippen molar-refractivity contribution < 1.29 is 15.2 Å². The van der Waals surface area contributed by atoms with E-state index in [1.165, 1.54) is 32.1 Å². The SMILES string of the molecule is C=C(NC[C@H]1C=CC=C(C(=O)NCCC[NH+]([O-])O)C1)N[C@@H](C)C1CCCCC1. The van der Waals surface area contributed by atoms with Gasteiger partial charge in [0.05, 0.1) is 5.82 Å². The van der Waals surface area contributed by atoms with Crippen molar-refractivity contribution in [3.8, 4) is 0 Å². The molecule has 0 aliphatic heterocycles. The maximum atomic E-state index is 12.2. The van der Waals surface area contributed by atoms with Gasteiger partial charge in [0.1, 0.15) is 6.54 Å². The summed E-state index contributed by atoms with van der Waals surface area (Å²) in [4.78, 5) is 12.2. The Hall–Kier alpha value is -1.83. The van der Waals surface area contributed by atoms with Crippen LogP contribution in [0, 0.1) is 17.0 Å². The first-order chi connectivity index (χ1) is 13.5. The average Bonchev–Trinajstić information content (AvgIpc) is 2.70. The average molecular weight is 393 g/mol. The largest absolute Gasteiger partial charge is 0.600 e. The van der Waals surface area contributed by atoms with E-state index in [0.717, 1.165) is 23.9 Å². The van der Waals surface area contributed by atoms with Crippen molar-refractivity contribution in [2.45, 2.75) is 57.9 Å². The Morgan fingerprint density at radius 3 is 2.82 bits per heavy atom. The lowest BCUT2D eigenvalue weighted by atomic mass is 9.84. The lowest BCUT2D eigenvalue weighted by Gasteiger charge is -2.30. The topological polar surface area (TPSA) is 101 Å². The molecule has 0 radical (unpaired) electrons. The van der Waals surface area contributed by atoms with Crippen LogP contribution in [0.4, 0.5) is 0 Å². The molecule has 0 aromatic carbocycles. The van der Waals surface area contributed by atoms with Crippen LogP contribution in [0.15, 0.2) is 36.2 Å². The first-order valence-corrected chi connectivity index (χ1v) is 10.5. The summed E-state index contributed by atoms with van der Waals surface area (Å²) in [5, 5.41) is 28.0. The third kappa shape index (κ3) is 8.04. The van der Waals surface area contributed by atoms with Crippen LogP contribution < -0.4 is 21.2 Å². The quantitative estimate of drug-likeness (QED) is 0.270. The second-order valence-electron chi connectivity index (χ2n) is 7.98. The fourth-order valence-corrected chi connectivity index (χ4v) is 3.94. The van der Waals surface area contributed by atoms with Crippen LogP contribution in [0.25, 0.3) is 0 Å². The van der Waals surface area contributed by atoms with Gasteiger partial charge in [-0.15, -0.1) is 0 Å². The molecule has 1 unspecified atom stereocenters. The number of carbonyl (C=O) groups excluding carboxylic acids is 1. The molecule has 3 atom stereocenters. The number of rotatable bonds is 11. The van der Waals surface area contributed by atoms with E-state index in [2.05, 4.69) is 35.5 Å². The molecule has 0 aromatic rings. The van der Waals surface area contributed by atoms with Gasteiger partial charge in [-0.1, -0.05) is 44.1 Å². The van der Waals surface area contributed by atoms with Gasteiger partial charge in [0, 0.05) is 31.1 Å². The minimum Gasteiger partial charge on any atom is -0.600 e. The molecule has 2 aliphatic carbocycles. The number of hydroxylamine groups is 2. The molecule has 1 fully saturated rings. The Morgan fingerprint density at radius 2 is 2.11 bits per heavy atom. The van der Waals surface area contributed by atoms with E-state index in [1.807, 2.05) is 12.2 Å². The highest BCUT2D eigenvalue weighted by Gasteiger charge is 2.21. The van der Waals surface area contributed by atoms with E-state index in [9.17, 15) is 10.0 Å². The van der Waals surface area contributed by atoms with Gasteiger partial charge in [0.2, 0.25) is 5.91 Å². The van der Waals surface area contributed by atoms with E-state index < -0.39 is 5.23 Å². The van der Waals surface area contributed by atoms with E-state index >= 15 is 0 Å². The monoisotopic (exact) mass is 392 g/mol. The maximum absolute atomic E-state index is 12.2. The molecule has 2 aliphatic rings. The number of amides is 1. The normalized spacial score (nSPS) is 22.1. The second kappa shape index (κ2) is 11.9. The van der Waals surface area contributed by atoms with E-state index in [4.69, 9.17) is 5.21 Å². The Bertz CT molecular complexity index is 568. The van der Waals surface area contributed by atoms with Crippen molar-refractivity contribution >= 4 is 5.91 Å². The predicted molar refractivity (Wildman–Crippen MR) is 110 cm³/mol. The molecule has 158 valence electrons. The van der Waals surface area contributed by atoms with Crippen molar-refractivity contribution in [3.63, 3.8) is 0 Å². The molecule has 5 N–H and O–H groups in total. The van der Waals surface area contributed by atoms with Crippen LogP contribution in [0.2, 0.25) is 0 Å². The fraction of sp³-hybridized carbons (Fsp3) is 0.667. The molecule has 0 aromatic heterocycles. The van der Waals surface area contributed by atoms with Gasteiger partial charge in [0.25, 0.3) is 0 Å². The standard InChI is InChI=1S/C21H36N4O3/c1-16(19-9-4-3-5-10-19)24-17(2)23-15-18-8-6-11-20(14-18)21(26)22-12-7-13-25(27)28/h6,8,11,16,18-19,23-25,27H,2-5,7,9-10,12-15H2,1H3,(H,22,26)/t16-,18-/m0/s1. The van der Waals surface area contributed by atoms with Crippen LogP contribution >= 0.6 is 0 Å². The first-order valence-electron chi connectivity index (χ1n) is 10.5. The molecule has 0 saturated heterocycles. The molecule has 1 saturated carbocycles. The summed E-state index contributed by atoms with van der Waals surface area (Å²) in [6, 6.07) is 0.425. The van der Waals surface area contributed by atoms with Crippen molar-refractivity contribution in [2.24, 2.45) is 11.8 Å².